The zero-order valence-electron chi connectivity index (χ0n) is 8.11. The fourth-order valence-electron chi connectivity index (χ4n) is 1.08. The Bertz CT molecular complexity index is 373. The molecule has 1 aromatic rings. The van der Waals surface area contributed by atoms with Gasteiger partial charge in [0.05, 0.1) is 0 Å². The highest BCUT2D eigenvalue weighted by Gasteiger charge is 2.07. The molecule has 0 amide bonds. The lowest BCUT2D eigenvalue weighted by Crippen LogP contribution is -2.03. The van der Waals surface area contributed by atoms with E-state index in [4.69, 9.17) is 0 Å². The Morgan fingerprint density at radius 1 is 1.40 bits per heavy atom. The molecule has 0 aliphatic heterocycles. The zero-order valence-corrected chi connectivity index (χ0v) is 8.11. The Morgan fingerprint density at radius 2 is 2.07 bits per heavy atom. The van der Waals surface area contributed by atoms with Gasteiger partial charge in [0.1, 0.15) is 12.0 Å². The molecular formula is C11H10F2O2. The van der Waals surface area contributed by atoms with Crippen LogP contribution >= 0.6 is 0 Å². The number of carbonyl (C=O) groups excluding carboxylic acids is 1. The van der Waals surface area contributed by atoms with Crippen LogP contribution in [0.1, 0.15) is 12.5 Å². The van der Waals surface area contributed by atoms with Crippen molar-refractivity contribution in [2.45, 2.75) is 13.5 Å². The second-order valence-corrected chi connectivity index (χ2v) is 2.92. The van der Waals surface area contributed by atoms with Gasteiger partial charge in [-0.1, -0.05) is 18.2 Å². The normalized spacial score (nSPS) is 11.6. The van der Waals surface area contributed by atoms with E-state index < -0.39 is 6.61 Å². The van der Waals surface area contributed by atoms with Crippen LogP contribution in [0, 0.1) is 0 Å². The minimum Gasteiger partial charge on any atom is -0.434 e. The highest BCUT2D eigenvalue weighted by atomic mass is 19.3. The summed E-state index contributed by atoms with van der Waals surface area (Å²) in [7, 11) is 0. The van der Waals surface area contributed by atoms with Crippen LogP contribution in [0.3, 0.4) is 0 Å². The number of ether oxygens (including phenoxy) is 1. The fraction of sp³-hybridized carbons (Fsp3) is 0.182. The number of hydrogen-bond donors (Lipinski definition) is 0. The highest BCUT2D eigenvalue weighted by molar-refractivity contribution is 5.81. The predicted octanol–water partition coefficient (Wildman–Crippen LogP) is 2.89. The third-order valence-electron chi connectivity index (χ3n) is 1.70. The van der Waals surface area contributed by atoms with Gasteiger partial charge in [-0.2, -0.15) is 8.78 Å². The van der Waals surface area contributed by atoms with E-state index in [9.17, 15) is 13.6 Å². The number of carbonyl (C=O) groups is 1. The Hall–Kier alpha value is -1.71. The maximum absolute atomic E-state index is 12.0. The minimum atomic E-state index is -2.86. The average Bonchev–Trinajstić information content (AvgIpc) is 2.20. The van der Waals surface area contributed by atoms with E-state index in [1.54, 1.807) is 25.1 Å². The van der Waals surface area contributed by atoms with Gasteiger partial charge < -0.3 is 4.74 Å². The first-order valence-electron chi connectivity index (χ1n) is 4.31. The molecule has 0 bridgehead atoms. The number of para-hydroxylation sites is 1. The number of hydrogen-bond acceptors (Lipinski definition) is 2. The maximum atomic E-state index is 12.0. The van der Waals surface area contributed by atoms with Crippen LogP contribution in [-0.4, -0.2) is 12.9 Å². The zero-order chi connectivity index (χ0) is 11.3. The summed E-state index contributed by atoms with van der Waals surface area (Å²) >= 11 is 0. The van der Waals surface area contributed by atoms with E-state index in [0.717, 1.165) is 0 Å². The second kappa shape index (κ2) is 5.24. The smallest absolute Gasteiger partial charge is 0.387 e. The molecule has 0 spiro atoms. The second-order valence-electron chi connectivity index (χ2n) is 2.92. The molecule has 0 heterocycles. The molecule has 0 aliphatic rings. The van der Waals surface area contributed by atoms with Crippen molar-refractivity contribution in [3.63, 3.8) is 0 Å². The molecule has 0 unspecified atom stereocenters. The van der Waals surface area contributed by atoms with Crippen LogP contribution in [0.2, 0.25) is 0 Å². The summed E-state index contributed by atoms with van der Waals surface area (Å²) in [6.07, 6.45) is 2.14. The van der Waals surface area contributed by atoms with Crippen molar-refractivity contribution in [1.82, 2.24) is 0 Å². The van der Waals surface area contributed by atoms with Gasteiger partial charge in [-0.3, -0.25) is 4.79 Å². The first kappa shape index (κ1) is 11.4. The van der Waals surface area contributed by atoms with Gasteiger partial charge in [-0.15, -0.1) is 0 Å². The Balaban J connectivity index is 3.01. The molecule has 0 aliphatic carbocycles. The van der Waals surface area contributed by atoms with Gasteiger partial charge in [-0.25, -0.2) is 0 Å². The molecule has 15 heavy (non-hydrogen) atoms. The molecule has 4 heteroatoms. The number of allylic oxidation sites excluding steroid dienone is 1. The quantitative estimate of drug-likeness (QED) is 0.566. The average molecular weight is 212 g/mol. The summed E-state index contributed by atoms with van der Waals surface area (Å²) in [6.45, 7) is -1.28. The van der Waals surface area contributed by atoms with Crippen molar-refractivity contribution in [1.29, 1.82) is 0 Å². The van der Waals surface area contributed by atoms with Gasteiger partial charge in [-0.05, 0) is 24.6 Å². The molecule has 0 radical (unpaired) electrons. The number of alkyl halides is 2. The summed E-state index contributed by atoms with van der Waals surface area (Å²) in [5.41, 5.74) is 0.905. The van der Waals surface area contributed by atoms with Gasteiger partial charge in [0.15, 0.2) is 0 Å². The van der Waals surface area contributed by atoms with E-state index >= 15 is 0 Å². The lowest BCUT2D eigenvalue weighted by molar-refractivity contribution is -0.104. The van der Waals surface area contributed by atoms with Gasteiger partial charge in [0.2, 0.25) is 0 Å². The van der Waals surface area contributed by atoms with Crippen molar-refractivity contribution in [2.24, 2.45) is 0 Å². The topological polar surface area (TPSA) is 26.3 Å². The van der Waals surface area contributed by atoms with Crippen molar-refractivity contribution in [3.8, 4) is 5.75 Å². The highest BCUT2D eigenvalue weighted by Crippen LogP contribution is 2.22. The van der Waals surface area contributed by atoms with Crippen molar-refractivity contribution >= 4 is 12.4 Å². The van der Waals surface area contributed by atoms with Crippen LogP contribution in [0.25, 0.3) is 6.08 Å². The first-order chi connectivity index (χ1) is 7.13. The van der Waals surface area contributed by atoms with E-state index in [0.29, 0.717) is 17.4 Å². The summed E-state index contributed by atoms with van der Waals surface area (Å²) in [6, 6.07) is 6.30. The van der Waals surface area contributed by atoms with Crippen LogP contribution in [0.5, 0.6) is 5.75 Å². The lowest BCUT2D eigenvalue weighted by Gasteiger charge is -2.07. The van der Waals surface area contributed by atoms with Gasteiger partial charge >= 0.3 is 6.61 Å². The fourth-order valence-corrected chi connectivity index (χ4v) is 1.08. The molecule has 0 saturated carbocycles. The van der Waals surface area contributed by atoms with Crippen molar-refractivity contribution in [2.75, 3.05) is 0 Å². The van der Waals surface area contributed by atoms with E-state index in [1.165, 1.54) is 12.1 Å². The predicted molar refractivity (Wildman–Crippen MR) is 52.8 cm³/mol. The van der Waals surface area contributed by atoms with Crippen LogP contribution < -0.4 is 4.74 Å². The third kappa shape index (κ3) is 3.50. The molecule has 0 N–H and O–H groups in total. The summed E-state index contributed by atoms with van der Waals surface area (Å²) in [4.78, 5) is 10.4. The SMILES string of the molecule is CC(C=O)=Cc1ccccc1OC(F)F. The molecule has 0 saturated heterocycles. The monoisotopic (exact) mass is 212 g/mol. The van der Waals surface area contributed by atoms with Gasteiger partial charge in [0, 0.05) is 5.56 Å². The third-order valence-corrected chi connectivity index (χ3v) is 1.70. The van der Waals surface area contributed by atoms with Crippen molar-refractivity contribution < 1.29 is 18.3 Å². The van der Waals surface area contributed by atoms with E-state index in [1.807, 2.05) is 0 Å². The summed E-state index contributed by atoms with van der Waals surface area (Å²) < 4.78 is 28.3. The molecule has 0 fully saturated rings. The summed E-state index contributed by atoms with van der Waals surface area (Å²) in [5, 5.41) is 0. The van der Waals surface area contributed by atoms with E-state index in [-0.39, 0.29) is 5.75 Å². The number of rotatable bonds is 4. The molecule has 1 rings (SSSR count). The molecular weight excluding hydrogens is 202 g/mol. The maximum Gasteiger partial charge on any atom is 0.387 e. The molecule has 1 aromatic carbocycles. The Labute approximate surface area is 86.2 Å². The number of halogens is 2. The minimum absolute atomic E-state index is 0.0636. The van der Waals surface area contributed by atoms with Gasteiger partial charge in [0.25, 0.3) is 0 Å². The van der Waals surface area contributed by atoms with Crippen LogP contribution in [0.15, 0.2) is 29.8 Å². The number of aldehydes is 1. The number of benzene rings is 1. The Kier molecular flexibility index (Phi) is 3.97. The molecule has 2 nitrogen and oxygen atoms in total. The van der Waals surface area contributed by atoms with Crippen LogP contribution in [-0.2, 0) is 4.79 Å². The Morgan fingerprint density at radius 3 is 2.67 bits per heavy atom. The lowest BCUT2D eigenvalue weighted by atomic mass is 10.1. The standard InChI is InChI=1S/C11H10F2O2/c1-8(7-14)6-9-4-2-3-5-10(9)15-11(12)13/h2-7,11H,1H3. The molecule has 0 atom stereocenters. The van der Waals surface area contributed by atoms with Crippen LogP contribution in [0.4, 0.5) is 8.78 Å². The molecule has 0 aromatic heterocycles. The first-order valence-corrected chi connectivity index (χ1v) is 4.31. The largest absolute Gasteiger partial charge is 0.434 e. The molecule has 80 valence electrons. The van der Waals surface area contributed by atoms with Crippen molar-refractivity contribution in [3.05, 3.63) is 35.4 Å². The summed E-state index contributed by atoms with van der Waals surface area (Å²) in [5.74, 6) is 0.0636. The van der Waals surface area contributed by atoms with E-state index in [2.05, 4.69) is 4.74 Å².